The second kappa shape index (κ2) is 5.85. The van der Waals surface area contributed by atoms with Gasteiger partial charge >= 0.3 is 6.03 Å². The summed E-state index contributed by atoms with van der Waals surface area (Å²) >= 11 is 0. The molecule has 0 saturated carbocycles. The van der Waals surface area contributed by atoms with Crippen LogP contribution in [0.15, 0.2) is 0 Å². The first kappa shape index (κ1) is 14.1. The van der Waals surface area contributed by atoms with E-state index in [2.05, 4.69) is 10.6 Å². The Morgan fingerprint density at radius 3 is 2.40 bits per heavy atom. The highest BCUT2D eigenvalue weighted by atomic mass is 19.3. The lowest BCUT2D eigenvalue weighted by molar-refractivity contribution is 0.0593. The number of halogens is 2. The first-order valence-electron chi connectivity index (χ1n) is 4.87. The molecule has 0 bridgehead atoms. The number of hydrogen-bond acceptors (Lipinski definition) is 2. The molecule has 15 heavy (non-hydrogen) atoms. The van der Waals surface area contributed by atoms with Gasteiger partial charge in [0.2, 0.25) is 0 Å². The second-order valence-electron chi connectivity index (χ2n) is 4.11. The van der Waals surface area contributed by atoms with Crippen molar-refractivity contribution in [3.05, 3.63) is 0 Å². The van der Waals surface area contributed by atoms with Gasteiger partial charge in [0, 0.05) is 12.6 Å². The Kier molecular flexibility index (Phi) is 5.49. The Bertz CT molecular complexity index is 208. The molecule has 0 aliphatic carbocycles. The van der Waals surface area contributed by atoms with E-state index in [1.807, 2.05) is 13.8 Å². The third kappa shape index (κ3) is 6.22. The Morgan fingerprint density at radius 2 is 2.00 bits per heavy atom. The normalized spacial score (nSPS) is 15.2. The summed E-state index contributed by atoms with van der Waals surface area (Å²) < 4.78 is 24.6. The molecule has 0 rings (SSSR count). The minimum atomic E-state index is -2.59. The van der Waals surface area contributed by atoms with Gasteiger partial charge in [0.05, 0.1) is 5.54 Å². The molecule has 0 aromatic rings. The average Bonchev–Trinajstić information content (AvgIpc) is 2.01. The zero-order chi connectivity index (χ0) is 12.1. The number of hydrogen-bond donors (Lipinski definition) is 3. The Labute approximate surface area is 88.6 Å². The molecule has 1 atom stereocenters. The first-order chi connectivity index (χ1) is 6.75. The smallest absolute Gasteiger partial charge is 0.314 e. The van der Waals surface area contributed by atoms with Crippen molar-refractivity contribution in [1.29, 1.82) is 0 Å². The molecular formula is C9H19F2N3O. The van der Waals surface area contributed by atoms with Crippen LogP contribution >= 0.6 is 0 Å². The highest BCUT2D eigenvalue weighted by molar-refractivity contribution is 5.74. The fourth-order valence-corrected chi connectivity index (χ4v) is 0.868. The standard InChI is InChI=1S/C9H19F2N3O/c1-6(2)14-8(15)13-5-4-9(3,12)7(10)11/h6-7H,4-5,12H2,1-3H3,(H2,13,14,15). The summed E-state index contributed by atoms with van der Waals surface area (Å²) in [6, 6.07) is -0.348. The molecule has 0 aromatic carbocycles. The number of amides is 2. The van der Waals surface area contributed by atoms with Crippen molar-refractivity contribution in [1.82, 2.24) is 10.6 Å². The molecule has 0 radical (unpaired) electrons. The molecule has 0 aromatic heterocycles. The number of rotatable bonds is 5. The topological polar surface area (TPSA) is 67.2 Å². The summed E-state index contributed by atoms with van der Waals surface area (Å²) in [6.45, 7) is 5.02. The van der Waals surface area contributed by atoms with Crippen molar-refractivity contribution in [2.75, 3.05) is 6.54 Å². The van der Waals surface area contributed by atoms with Gasteiger partial charge in [-0.3, -0.25) is 0 Å². The van der Waals surface area contributed by atoms with E-state index in [-0.39, 0.29) is 25.0 Å². The molecule has 0 spiro atoms. The summed E-state index contributed by atoms with van der Waals surface area (Å²) in [5.74, 6) is 0. The van der Waals surface area contributed by atoms with E-state index < -0.39 is 12.0 Å². The molecule has 1 unspecified atom stereocenters. The molecule has 0 aliphatic rings. The van der Waals surface area contributed by atoms with Gasteiger partial charge in [-0.15, -0.1) is 0 Å². The van der Waals surface area contributed by atoms with Crippen molar-refractivity contribution < 1.29 is 13.6 Å². The number of nitrogens with two attached hydrogens (primary N) is 1. The van der Waals surface area contributed by atoms with Crippen LogP contribution in [0.5, 0.6) is 0 Å². The van der Waals surface area contributed by atoms with E-state index in [1.165, 1.54) is 6.92 Å². The number of alkyl halides is 2. The van der Waals surface area contributed by atoms with Crippen LogP contribution < -0.4 is 16.4 Å². The third-order valence-electron chi connectivity index (χ3n) is 1.87. The lowest BCUT2D eigenvalue weighted by Crippen LogP contribution is -2.48. The summed E-state index contributed by atoms with van der Waals surface area (Å²) in [6.07, 6.45) is -2.55. The zero-order valence-electron chi connectivity index (χ0n) is 9.31. The lowest BCUT2D eigenvalue weighted by atomic mass is 10.0. The maximum Gasteiger partial charge on any atom is 0.314 e. The zero-order valence-corrected chi connectivity index (χ0v) is 9.31. The molecule has 4 N–H and O–H groups in total. The average molecular weight is 223 g/mol. The summed E-state index contributed by atoms with van der Waals surface area (Å²) in [5.41, 5.74) is 3.77. The number of carbonyl (C=O) groups is 1. The minimum absolute atomic E-state index is 0.0179. The molecule has 0 heterocycles. The number of carbonyl (C=O) groups excluding carboxylic acids is 1. The first-order valence-corrected chi connectivity index (χ1v) is 4.87. The van der Waals surface area contributed by atoms with Crippen LogP contribution in [0.1, 0.15) is 27.2 Å². The summed E-state index contributed by atoms with van der Waals surface area (Å²) in [5, 5.41) is 5.04. The molecule has 0 fully saturated rings. The molecule has 0 aliphatic heterocycles. The van der Waals surface area contributed by atoms with Gasteiger partial charge in [0.1, 0.15) is 0 Å². The van der Waals surface area contributed by atoms with Crippen LogP contribution in [-0.4, -0.2) is 30.6 Å². The van der Waals surface area contributed by atoms with Gasteiger partial charge < -0.3 is 16.4 Å². The monoisotopic (exact) mass is 223 g/mol. The fraction of sp³-hybridized carbons (Fsp3) is 0.889. The maximum absolute atomic E-state index is 12.3. The van der Waals surface area contributed by atoms with E-state index in [0.29, 0.717) is 0 Å². The quantitative estimate of drug-likeness (QED) is 0.652. The van der Waals surface area contributed by atoms with E-state index in [0.717, 1.165) is 0 Å². The molecule has 90 valence electrons. The summed E-state index contributed by atoms with van der Waals surface area (Å²) in [4.78, 5) is 11.1. The van der Waals surface area contributed by atoms with Gasteiger partial charge in [-0.2, -0.15) is 0 Å². The summed E-state index contributed by atoms with van der Waals surface area (Å²) in [7, 11) is 0. The van der Waals surface area contributed by atoms with Gasteiger partial charge in [-0.05, 0) is 27.2 Å². The van der Waals surface area contributed by atoms with Gasteiger partial charge in [-0.25, -0.2) is 13.6 Å². The van der Waals surface area contributed by atoms with Gasteiger partial charge in [0.25, 0.3) is 6.43 Å². The predicted octanol–water partition coefficient (Wildman–Crippen LogP) is 1.07. The van der Waals surface area contributed by atoms with Crippen molar-refractivity contribution in [3.8, 4) is 0 Å². The largest absolute Gasteiger partial charge is 0.338 e. The second-order valence-corrected chi connectivity index (χ2v) is 4.11. The van der Waals surface area contributed by atoms with Crippen molar-refractivity contribution in [2.45, 2.75) is 45.2 Å². The SMILES string of the molecule is CC(C)NC(=O)NCCC(C)(N)C(F)F. The number of nitrogens with one attached hydrogen (secondary N) is 2. The van der Waals surface area contributed by atoms with Gasteiger partial charge in [0.15, 0.2) is 0 Å². The van der Waals surface area contributed by atoms with Crippen LogP contribution in [-0.2, 0) is 0 Å². The molecule has 0 saturated heterocycles. The van der Waals surface area contributed by atoms with E-state index in [4.69, 9.17) is 5.73 Å². The Hall–Kier alpha value is -0.910. The van der Waals surface area contributed by atoms with E-state index in [1.54, 1.807) is 0 Å². The predicted molar refractivity (Wildman–Crippen MR) is 54.9 cm³/mol. The highest BCUT2D eigenvalue weighted by Crippen LogP contribution is 2.14. The van der Waals surface area contributed by atoms with Crippen molar-refractivity contribution in [3.63, 3.8) is 0 Å². The Morgan fingerprint density at radius 1 is 1.47 bits per heavy atom. The lowest BCUT2D eigenvalue weighted by Gasteiger charge is -2.23. The fourth-order valence-electron chi connectivity index (χ4n) is 0.868. The molecular weight excluding hydrogens is 204 g/mol. The van der Waals surface area contributed by atoms with Crippen molar-refractivity contribution >= 4 is 6.03 Å². The van der Waals surface area contributed by atoms with Crippen molar-refractivity contribution in [2.24, 2.45) is 5.73 Å². The third-order valence-corrected chi connectivity index (χ3v) is 1.87. The number of urea groups is 1. The minimum Gasteiger partial charge on any atom is -0.338 e. The molecule has 2 amide bonds. The van der Waals surface area contributed by atoms with Gasteiger partial charge in [-0.1, -0.05) is 0 Å². The van der Waals surface area contributed by atoms with Crippen LogP contribution in [0.4, 0.5) is 13.6 Å². The van der Waals surface area contributed by atoms with E-state index in [9.17, 15) is 13.6 Å². The molecule has 4 nitrogen and oxygen atoms in total. The van der Waals surface area contributed by atoms with Crippen LogP contribution in [0.25, 0.3) is 0 Å². The van der Waals surface area contributed by atoms with E-state index >= 15 is 0 Å². The maximum atomic E-state index is 12.3. The van der Waals surface area contributed by atoms with Crippen LogP contribution in [0, 0.1) is 0 Å². The van der Waals surface area contributed by atoms with Crippen LogP contribution in [0.3, 0.4) is 0 Å². The Balaban J connectivity index is 3.75. The van der Waals surface area contributed by atoms with Crippen LogP contribution in [0.2, 0.25) is 0 Å². The highest BCUT2D eigenvalue weighted by Gasteiger charge is 2.29. The molecule has 6 heteroatoms.